The number of halogens is 1. The summed E-state index contributed by atoms with van der Waals surface area (Å²) in [7, 11) is 0. The Bertz CT molecular complexity index is 1180. The third kappa shape index (κ3) is 4.58. The largest absolute Gasteiger partial charge is 0.368 e. The van der Waals surface area contributed by atoms with Crippen molar-refractivity contribution in [2.45, 2.75) is 13.8 Å². The summed E-state index contributed by atoms with van der Waals surface area (Å²) in [5.74, 6) is -0.195. The van der Waals surface area contributed by atoms with Gasteiger partial charge in [0.15, 0.2) is 0 Å². The second-order valence-corrected chi connectivity index (χ2v) is 9.17. The molecule has 0 atom stereocenters. The van der Waals surface area contributed by atoms with E-state index in [1.54, 1.807) is 11.0 Å². The number of para-hydroxylation sites is 1. The summed E-state index contributed by atoms with van der Waals surface area (Å²) in [4.78, 5) is 17.2. The molecule has 32 heavy (non-hydrogen) atoms. The van der Waals surface area contributed by atoms with Gasteiger partial charge in [-0.1, -0.05) is 18.2 Å². The van der Waals surface area contributed by atoms with Gasteiger partial charge in [-0.25, -0.2) is 0 Å². The third-order valence-corrected chi connectivity index (χ3v) is 6.61. The molecule has 1 fully saturated rings. The van der Waals surface area contributed by atoms with Crippen LogP contribution in [0.5, 0.6) is 0 Å². The van der Waals surface area contributed by atoms with Crippen LogP contribution < -0.4 is 4.90 Å². The van der Waals surface area contributed by atoms with Crippen molar-refractivity contribution in [3.05, 3.63) is 86.8 Å². The summed E-state index contributed by atoms with van der Waals surface area (Å²) in [6.07, 6.45) is 1.73. The Kier molecular flexibility index (Phi) is 6.66. The van der Waals surface area contributed by atoms with E-state index in [1.165, 1.54) is 9.26 Å². The van der Waals surface area contributed by atoms with Gasteiger partial charge in [0, 0.05) is 52.5 Å². The van der Waals surface area contributed by atoms with Gasteiger partial charge in [-0.2, -0.15) is 5.26 Å². The highest BCUT2D eigenvalue weighted by atomic mass is 127. The van der Waals surface area contributed by atoms with Crippen LogP contribution in [0.3, 0.4) is 0 Å². The smallest absolute Gasteiger partial charge is 0.264 e. The molecule has 1 aliphatic rings. The lowest BCUT2D eigenvalue weighted by molar-refractivity contribution is -0.126. The first-order chi connectivity index (χ1) is 15.5. The van der Waals surface area contributed by atoms with Gasteiger partial charge in [0.05, 0.1) is 0 Å². The zero-order valence-corrected chi connectivity index (χ0v) is 20.4. The molecule has 0 aliphatic carbocycles. The monoisotopic (exact) mass is 536 g/mol. The number of carbonyl (C=O) groups excluding carboxylic acids is 1. The SMILES string of the molecule is Cc1cc(/C=C(\C#N)C(=O)N2CCN(c3ccccc3)CC2)c(C)n1-c1ccc(I)cc1. The molecule has 0 bridgehead atoms. The van der Waals surface area contributed by atoms with E-state index >= 15 is 0 Å². The van der Waals surface area contributed by atoms with Gasteiger partial charge in [0.2, 0.25) is 0 Å². The minimum absolute atomic E-state index is 0.182. The highest BCUT2D eigenvalue weighted by Gasteiger charge is 2.24. The normalized spacial score (nSPS) is 14.4. The molecule has 3 aromatic rings. The van der Waals surface area contributed by atoms with Crippen LogP contribution in [0.25, 0.3) is 11.8 Å². The summed E-state index contributed by atoms with van der Waals surface area (Å²) in [6.45, 7) is 6.79. The molecule has 6 heteroatoms. The number of benzene rings is 2. The van der Waals surface area contributed by atoms with Crippen molar-refractivity contribution >= 4 is 40.3 Å². The number of rotatable bonds is 4. The van der Waals surface area contributed by atoms with E-state index in [9.17, 15) is 10.1 Å². The molecule has 0 spiro atoms. The number of hydrogen-bond acceptors (Lipinski definition) is 3. The molecule has 0 N–H and O–H groups in total. The fraction of sp³-hybridized carbons (Fsp3) is 0.231. The Hall–Kier alpha value is -3.05. The van der Waals surface area contributed by atoms with Crippen LogP contribution in [0.1, 0.15) is 17.0 Å². The molecule has 0 unspecified atom stereocenters. The summed E-state index contributed by atoms with van der Waals surface area (Å²) < 4.78 is 3.33. The van der Waals surface area contributed by atoms with Gasteiger partial charge in [-0.05, 0) is 90.5 Å². The van der Waals surface area contributed by atoms with Gasteiger partial charge in [-0.3, -0.25) is 4.79 Å². The number of aryl methyl sites for hydroxylation is 1. The van der Waals surface area contributed by atoms with Crippen molar-refractivity contribution in [2.24, 2.45) is 0 Å². The Labute approximate surface area is 202 Å². The lowest BCUT2D eigenvalue weighted by Gasteiger charge is -2.36. The van der Waals surface area contributed by atoms with Gasteiger partial charge < -0.3 is 14.4 Å². The number of anilines is 1. The maximum absolute atomic E-state index is 13.1. The van der Waals surface area contributed by atoms with Crippen molar-refractivity contribution in [3.63, 3.8) is 0 Å². The summed E-state index contributed by atoms with van der Waals surface area (Å²) in [5.41, 5.74) is 5.39. The highest BCUT2D eigenvalue weighted by molar-refractivity contribution is 14.1. The molecule has 1 aromatic heterocycles. The quantitative estimate of drug-likeness (QED) is 0.269. The van der Waals surface area contributed by atoms with Crippen LogP contribution in [-0.4, -0.2) is 41.6 Å². The molecule has 2 aromatic carbocycles. The Morgan fingerprint density at radius 1 is 0.969 bits per heavy atom. The summed E-state index contributed by atoms with van der Waals surface area (Å²) in [5, 5.41) is 9.75. The highest BCUT2D eigenvalue weighted by Crippen LogP contribution is 2.24. The number of hydrogen-bond donors (Lipinski definition) is 0. The average Bonchev–Trinajstić information content (AvgIpc) is 3.11. The zero-order chi connectivity index (χ0) is 22.7. The molecule has 0 radical (unpaired) electrons. The fourth-order valence-electron chi connectivity index (χ4n) is 4.20. The number of carbonyl (C=O) groups is 1. The van der Waals surface area contributed by atoms with Gasteiger partial charge in [0.25, 0.3) is 5.91 Å². The van der Waals surface area contributed by atoms with Crippen molar-refractivity contribution in [1.29, 1.82) is 5.26 Å². The van der Waals surface area contributed by atoms with E-state index in [-0.39, 0.29) is 11.5 Å². The van der Waals surface area contributed by atoms with Crippen molar-refractivity contribution in [1.82, 2.24) is 9.47 Å². The zero-order valence-electron chi connectivity index (χ0n) is 18.3. The second-order valence-electron chi connectivity index (χ2n) is 7.92. The van der Waals surface area contributed by atoms with Crippen molar-refractivity contribution < 1.29 is 4.79 Å². The van der Waals surface area contributed by atoms with E-state index in [4.69, 9.17) is 0 Å². The van der Waals surface area contributed by atoms with E-state index in [2.05, 4.69) is 74.5 Å². The Balaban J connectivity index is 1.52. The van der Waals surface area contributed by atoms with Crippen LogP contribution in [0.4, 0.5) is 5.69 Å². The number of piperazine rings is 1. The van der Waals surface area contributed by atoms with E-state index in [0.717, 1.165) is 35.7 Å². The first kappa shape index (κ1) is 22.2. The molecule has 5 nitrogen and oxygen atoms in total. The maximum atomic E-state index is 13.1. The molecule has 0 saturated carbocycles. The third-order valence-electron chi connectivity index (χ3n) is 5.89. The predicted molar refractivity (Wildman–Crippen MR) is 137 cm³/mol. The van der Waals surface area contributed by atoms with Crippen LogP contribution >= 0.6 is 22.6 Å². The minimum atomic E-state index is -0.195. The first-order valence-corrected chi connectivity index (χ1v) is 11.7. The van der Waals surface area contributed by atoms with E-state index < -0.39 is 0 Å². The first-order valence-electron chi connectivity index (χ1n) is 10.6. The molecule has 1 amide bonds. The molecule has 4 rings (SSSR count). The molecular weight excluding hydrogens is 511 g/mol. The fourth-order valence-corrected chi connectivity index (χ4v) is 4.56. The lowest BCUT2D eigenvalue weighted by atomic mass is 10.1. The molecular formula is C26H25IN4O. The second kappa shape index (κ2) is 9.61. The Morgan fingerprint density at radius 3 is 2.25 bits per heavy atom. The van der Waals surface area contributed by atoms with Crippen LogP contribution in [0, 0.1) is 28.7 Å². The molecule has 2 heterocycles. The van der Waals surface area contributed by atoms with Gasteiger partial charge >= 0.3 is 0 Å². The molecule has 1 saturated heterocycles. The van der Waals surface area contributed by atoms with E-state index in [1.807, 2.05) is 38.1 Å². The standard InChI is InChI=1S/C26H25IN4O/c1-19-16-21(20(2)31(19)25-10-8-23(27)9-11-25)17-22(18-28)26(32)30-14-12-29(13-15-30)24-6-4-3-5-7-24/h3-11,16-17H,12-15H2,1-2H3/b22-17+. The van der Waals surface area contributed by atoms with Crippen LogP contribution in [0.2, 0.25) is 0 Å². The maximum Gasteiger partial charge on any atom is 0.264 e. The van der Waals surface area contributed by atoms with Crippen molar-refractivity contribution in [3.8, 4) is 11.8 Å². The lowest BCUT2D eigenvalue weighted by Crippen LogP contribution is -2.49. The van der Waals surface area contributed by atoms with Gasteiger partial charge in [-0.15, -0.1) is 0 Å². The van der Waals surface area contributed by atoms with Crippen LogP contribution in [0.15, 0.2) is 66.2 Å². The summed E-state index contributed by atoms with van der Waals surface area (Å²) in [6, 6.07) is 22.7. The average molecular weight is 536 g/mol. The minimum Gasteiger partial charge on any atom is -0.368 e. The number of amides is 1. The predicted octanol–water partition coefficient (Wildman–Crippen LogP) is 4.95. The Morgan fingerprint density at radius 2 is 1.62 bits per heavy atom. The topological polar surface area (TPSA) is 52.3 Å². The van der Waals surface area contributed by atoms with E-state index in [0.29, 0.717) is 13.1 Å². The summed E-state index contributed by atoms with van der Waals surface area (Å²) >= 11 is 2.29. The molecule has 1 aliphatic heterocycles. The number of nitrogens with zero attached hydrogens (tertiary/aromatic N) is 4. The van der Waals surface area contributed by atoms with Gasteiger partial charge in [0.1, 0.15) is 11.6 Å². The molecule has 162 valence electrons. The number of nitriles is 1. The number of aromatic nitrogens is 1. The van der Waals surface area contributed by atoms with Crippen LogP contribution in [-0.2, 0) is 4.79 Å². The van der Waals surface area contributed by atoms with Crippen molar-refractivity contribution in [2.75, 3.05) is 31.1 Å².